The summed E-state index contributed by atoms with van der Waals surface area (Å²) in [5, 5.41) is 0. The summed E-state index contributed by atoms with van der Waals surface area (Å²) in [5.74, 6) is -0.836. The normalized spacial score (nSPS) is 11.5. The van der Waals surface area contributed by atoms with Gasteiger partial charge in [0.2, 0.25) is 11.8 Å². The minimum Gasteiger partial charge on any atom is -0.462 e. The molecule has 1 rings (SSSR count). The van der Waals surface area contributed by atoms with Crippen molar-refractivity contribution in [3.63, 3.8) is 0 Å². The highest BCUT2D eigenvalue weighted by molar-refractivity contribution is 5.99. The molecule has 1 unspecified atom stereocenters. The van der Waals surface area contributed by atoms with Crippen molar-refractivity contribution in [3.8, 4) is 0 Å². The van der Waals surface area contributed by atoms with E-state index >= 15 is 0 Å². The Morgan fingerprint density at radius 1 is 1.14 bits per heavy atom. The molecule has 6 nitrogen and oxygen atoms in total. The predicted molar refractivity (Wildman–Crippen MR) is 83.7 cm³/mol. The molecule has 0 aliphatic carbocycles. The van der Waals surface area contributed by atoms with Crippen LogP contribution in [0.2, 0.25) is 0 Å². The second kappa shape index (κ2) is 7.59. The van der Waals surface area contributed by atoms with E-state index in [0.29, 0.717) is 17.9 Å². The van der Waals surface area contributed by atoms with Crippen molar-refractivity contribution in [2.24, 2.45) is 0 Å². The van der Waals surface area contributed by atoms with E-state index in [2.05, 4.69) is 0 Å². The number of amides is 2. The molecule has 0 spiro atoms. The SMILES string of the molecule is CCOC(=O)c1ccc(N(C(C)=O)C(C)C(=O)N(C)C)cc1. The maximum absolute atomic E-state index is 12.1. The van der Waals surface area contributed by atoms with E-state index in [0.717, 1.165) is 0 Å². The number of carbonyl (C=O) groups is 3. The highest BCUT2D eigenvalue weighted by Crippen LogP contribution is 2.19. The Morgan fingerprint density at radius 3 is 2.09 bits per heavy atom. The van der Waals surface area contributed by atoms with Crippen LogP contribution in [0.25, 0.3) is 0 Å². The van der Waals surface area contributed by atoms with Crippen LogP contribution in [0.1, 0.15) is 31.1 Å². The van der Waals surface area contributed by atoms with E-state index in [-0.39, 0.29) is 11.8 Å². The fourth-order valence-corrected chi connectivity index (χ4v) is 2.13. The molecule has 22 heavy (non-hydrogen) atoms. The summed E-state index contributed by atoms with van der Waals surface area (Å²) < 4.78 is 4.91. The van der Waals surface area contributed by atoms with Crippen LogP contribution in [-0.4, -0.2) is 49.4 Å². The summed E-state index contributed by atoms with van der Waals surface area (Å²) in [6, 6.07) is 5.80. The van der Waals surface area contributed by atoms with Gasteiger partial charge in [0.05, 0.1) is 12.2 Å². The standard InChI is InChI=1S/C16H22N2O4/c1-6-22-16(21)13-7-9-14(10-8-13)18(12(3)19)11(2)15(20)17(4)5/h7-11H,6H2,1-5H3. The first-order valence-electron chi connectivity index (χ1n) is 7.07. The van der Waals surface area contributed by atoms with Gasteiger partial charge in [0.1, 0.15) is 6.04 Å². The van der Waals surface area contributed by atoms with Crippen molar-refractivity contribution in [2.75, 3.05) is 25.6 Å². The Kier molecular flexibility index (Phi) is 6.10. The summed E-state index contributed by atoms with van der Waals surface area (Å²) >= 11 is 0. The third kappa shape index (κ3) is 4.07. The number of anilines is 1. The minimum atomic E-state index is -0.624. The van der Waals surface area contributed by atoms with Gasteiger partial charge in [-0.15, -0.1) is 0 Å². The van der Waals surface area contributed by atoms with E-state index in [1.165, 1.54) is 16.7 Å². The Labute approximate surface area is 130 Å². The van der Waals surface area contributed by atoms with Gasteiger partial charge in [-0.05, 0) is 38.1 Å². The number of ether oxygens (including phenoxy) is 1. The lowest BCUT2D eigenvalue weighted by atomic mass is 10.1. The molecule has 1 aromatic carbocycles. The fourth-order valence-electron chi connectivity index (χ4n) is 2.13. The van der Waals surface area contributed by atoms with Gasteiger partial charge in [0.25, 0.3) is 0 Å². The molecule has 6 heteroatoms. The molecule has 2 amide bonds. The van der Waals surface area contributed by atoms with Crippen LogP contribution >= 0.6 is 0 Å². The number of rotatable bonds is 5. The third-order valence-electron chi connectivity index (χ3n) is 3.18. The van der Waals surface area contributed by atoms with Crippen molar-refractivity contribution < 1.29 is 19.1 Å². The third-order valence-corrected chi connectivity index (χ3v) is 3.18. The molecule has 1 aromatic rings. The average Bonchev–Trinajstić information content (AvgIpc) is 2.47. The number of nitrogens with zero attached hydrogens (tertiary/aromatic N) is 2. The maximum atomic E-state index is 12.1. The second-order valence-corrected chi connectivity index (χ2v) is 5.07. The van der Waals surface area contributed by atoms with Crippen LogP contribution in [0.4, 0.5) is 5.69 Å². The zero-order chi connectivity index (χ0) is 16.9. The van der Waals surface area contributed by atoms with Gasteiger partial charge >= 0.3 is 5.97 Å². The Bertz CT molecular complexity index is 552. The van der Waals surface area contributed by atoms with Crippen LogP contribution in [0, 0.1) is 0 Å². The van der Waals surface area contributed by atoms with Crippen LogP contribution in [0.3, 0.4) is 0 Å². The summed E-state index contributed by atoms with van der Waals surface area (Å²) in [4.78, 5) is 38.4. The highest BCUT2D eigenvalue weighted by Gasteiger charge is 2.26. The number of carbonyl (C=O) groups excluding carboxylic acids is 3. The lowest BCUT2D eigenvalue weighted by Crippen LogP contribution is -2.47. The molecule has 0 bridgehead atoms. The first-order valence-corrected chi connectivity index (χ1v) is 7.07. The number of esters is 1. The zero-order valence-corrected chi connectivity index (χ0v) is 13.6. The first-order chi connectivity index (χ1) is 10.3. The number of likely N-dealkylation sites (N-methyl/N-ethyl adjacent to an activating group) is 1. The van der Waals surface area contributed by atoms with Crippen LogP contribution in [-0.2, 0) is 14.3 Å². The van der Waals surface area contributed by atoms with Crippen molar-refractivity contribution in [3.05, 3.63) is 29.8 Å². The molecule has 0 aliphatic heterocycles. The molecule has 120 valence electrons. The molecule has 0 fully saturated rings. The van der Waals surface area contributed by atoms with Crippen molar-refractivity contribution >= 4 is 23.5 Å². The average molecular weight is 306 g/mol. The van der Waals surface area contributed by atoms with Gasteiger partial charge in [-0.1, -0.05) is 0 Å². The van der Waals surface area contributed by atoms with Crippen molar-refractivity contribution in [1.82, 2.24) is 4.90 Å². The summed E-state index contributed by atoms with van der Waals surface area (Å²) in [6.45, 7) is 5.11. The smallest absolute Gasteiger partial charge is 0.338 e. The molecule has 0 saturated heterocycles. The largest absolute Gasteiger partial charge is 0.462 e. The van der Waals surface area contributed by atoms with Gasteiger partial charge in [0.15, 0.2) is 0 Å². The van der Waals surface area contributed by atoms with Crippen molar-refractivity contribution in [2.45, 2.75) is 26.8 Å². The lowest BCUT2D eigenvalue weighted by molar-refractivity contribution is -0.131. The monoisotopic (exact) mass is 306 g/mol. The number of hydrogen-bond acceptors (Lipinski definition) is 4. The van der Waals surface area contributed by atoms with Gasteiger partial charge in [-0.2, -0.15) is 0 Å². The molecule has 0 radical (unpaired) electrons. The van der Waals surface area contributed by atoms with Crippen LogP contribution < -0.4 is 4.90 Å². The number of benzene rings is 1. The molecule has 0 aromatic heterocycles. The van der Waals surface area contributed by atoms with E-state index in [4.69, 9.17) is 4.74 Å². The number of hydrogen-bond donors (Lipinski definition) is 0. The Hall–Kier alpha value is -2.37. The molecular weight excluding hydrogens is 284 g/mol. The highest BCUT2D eigenvalue weighted by atomic mass is 16.5. The molecule has 1 atom stereocenters. The Balaban J connectivity index is 3.05. The molecular formula is C16H22N2O4. The molecule has 0 heterocycles. The fraction of sp³-hybridized carbons (Fsp3) is 0.438. The van der Waals surface area contributed by atoms with E-state index in [1.807, 2.05) is 0 Å². The van der Waals surface area contributed by atoms with E-state index < -0.39 is 12.0 Å². The minimum absolute atomic E-state index is 0.176. The lowest BCUT2D eigenvalue weighted by Gasteiger charge is -2.29. The second-order valence-electron chi connectivity index (χ2n) is 5.07. The quantitative estimate of drug-likeness (QED) is 0.777. The zero-order valence-electron chi connectivity index (χ0n) is 13.6. The van der Waals surface area contributed by atoms with E-state index in [9.17, 15) is 14.4 Å². The Morgan fingerprint density at radius 2 is 1.68 bits per heavy atom. The summed E-state index contributed by atoms with van der Waals surface area (Å²) in [5.41, 5.74) is 0.962. The molecule has 0 aliphatic rings. The molecule has 0 N–H and O–H groups in total. The first kappa shape index (κ1) is 17.7. The van der Waals surface area contributed by atoms with Gasteiger partial charge in [-0.25, -0.2) is 4.79 Å². The predicted octanol–water partition coefficient (Wildman–Crippen LogP) is 1.69. The van der Waals surface area contributed by atoms with Gasteiger partial charge in [0, 0.05) is 26.7 Å². The maximum Gasteiger partial charge on any atom is 0.338 e. The van der Waals surface area contributed by atoms with Crippen molar-refractivity contribution in [1.29, 1.82) is 0 Å². The van der Waals surface area contributed by atoms with Crippen LogP contribution in [0.5, 0.6) is 0 Å². The summed E-state index contributed by atoms with van der Waals surface area (Å²) in [7, 11) is 3.28. The van der Waals surface area contributed by atoms with E-state index in [1.54, 1.807) is 52.2 Å². The van der Waals surface area contributed by atoms with Gasteiger partial charge in [-0.3, -0.25) is 9.59 Å². The summed E-state index contributed by atoms with van der Waals surface area (Å²) in [6.07, 6.45) is 0. The van der Waals surface area contributed by atoms with Crippen LogP contribution in [0.15, 0.2) is 24.3 Å². The van der Waals surface area contributed by atoms with Gasteiger partial charge < -0.3 is 14.5 Å². The molecule has 0 saturated carbocycles. The topological polar surface area (TPSA) is 66.9 Å².